The summed E-state index contributed by atoms with van der Waals surface area (Å²) in [5, 5.41) is 0. The highest BCUT2D eigenvalue weighted by Crippen LogP contribution is 2.40. The Balaban J connectivity index is 2.02. The summed E-state index contributed by atoms with van der Waals surface area (Å²) < 4.78 is 57.1. The molecule has 1 aliphatic heterocycles. The second kappa shape index (κ2) is 5.11. The molecule has 4 nitrogen and oxygen atoms in total. The zero-order valence-corrected chi connectivity index (χ0v) is 13.5. The van der Waals surface area contributed by atoms with E-state index in [4.69, 9.17) is 14.0 Å². The molecule has 0 unspecified atom stereocenters. The van der Waals surface area contributed by atoms with Crippen LogP contribution >= 0.6 is 0 Å². The van der Waals surface area contributed by atoms with E-state index in [0.717, 1.165) is 25.1 Å². The maximum Gasteiger partial charge on any atom is 0.518 e. The lowest BCUT2D eigenvalue weighted by atomic mass is 9.82. The van der Waals surface area contributed by atoms with Gasteiger partial charge in [0.25, 0.3) is 0 Å². The summed E-state index contributed by atoms with van der Waals surface area (Å²) in [6, 6.07) is 0.923. The Morgan fingerprint density at radius 2 is 1.74 bits per heavy atom. The van der Waals surface area contributed by atoms with Crippen LogP contribution in [0.25, 0.3) is 0 Å². The van der Waals surface area contributed by atoms with E-state index in [0.29, 0.717) is 0 Å². The summed E-state index contributed by atoms with van der Waals surface area (Å²) >= 11 is 0. The highest BCUT2D eigenvalue weighted by molar-refractivity contribution is 6.62. The van der Waals surface area contributed by atoms with Crippen molar-refractivity contribution in [2.45, 2.75) is 64.0 Å². The molecule has 0 spiro atoms. The Kier molecular flexibility index (Phi) is 3.68. The lowest BCUT2D eigenvalue weighted by Gasteiger charge is -2.32. The highest BCUT2D eigenvalue weighted by atomic mass is 19.4. The van der Waals surface area contributed by atoms with Crippen molar-refractivity contribution < 1.29 is 27.2 Å². The third-order valence-electron chi connectivity index (χ3n) is 4.52. The van der Waals surface area contributed by atoms with E-state index < -0.39 is 30.1 Å². The van der Waals surface area contributed by atoms with Gasteiger partial charge < -0.3 is 14.0 Å². The Bertz CT molecular complexity index is 598. The van der Waals surface area contributed by atoms with Gasteiger partial charge in [0.1, 0.15) is 16.9 Å². The number of ether oxygens (including phenoxy) is 1. The molecule has 2 aliphatic rings. The zero-order valence-electron chi connectivity index (χ0n) is 13.5. The van der Waals surface area contributed by atoms with Crippen LogP contribution in [0.4, 0.5) is 13.2 Å². The Labute approximate surface area is 133 Å². The van der Waals surface area contributed by atoms with E-state index in [2.05, 4.69) is 4.98 Å². The number of hydrogen-bond donors (Lipinski definition) is 0. The topological polar surface area (TPSA) is 40.6 Å². The smallest absolute Gasteiger partial charge is 0.489 e. The minimum atomic E-state index is -4.52. The molecular weight excluding hydrogens is 310 g/mol. The van der Waals surface area contributed by atoms with Crippen molar-refractivity contribution in [3.05, 3.63) is 17.8 Å². The summed E-state index contributed by atoms with van der Waals surface area (Å²) in [5.41, 5.74) is -2.12. The van der Waals surface area contributed by atoms with Crippen LogP contribution in [0.2, 0.25) is 0 Å². The monoisotopic (exact) mass is 329 g/mol. The molecule has 23 heavy (non-hydrogen) atoms. The van der Waals surface area contributed by atoms with E-state index in [-0.39, 0.29) is 17.4 Å². The summed E-state index contributed by atoms with van der Waals surface area (Å²) in [6.45, 7) is 7.34. The molecule has 1 aromatic rings. The van der Waals surface area contributed by atoms with Gasteiger partial charge in [0.15, 0.2) is 0 Å². The van der Waals surface area contributed by atoms with Gasteiger partial charge in [0, 0.05) is 6.20 Å². The standard InChI is InChI=1S/C15H19BF3NO3/c1-13(2)14(3,4)23-16(22-13)12-11(21-9-5-6-9)10(7-8-20-12)15(17,18)19/h7-9H,5-6H2,1-4H3. The fourth-order valence-corrected chi connectivity index (χ4v) is 2.29. The van der Waals surface area contributed by atoms with Gasteiger partial charge in [0.05, 0.1) is 17.3 Å². The van der Waals surface area contributed by atoms with Crippen molar-refractivity contribution in [3.63, 3.8) is 0 Å². The van der Waals surface area contributed by atoms with Crippen molar-refractivity contribution in [1.82, 2.24) is 4.98 Å². The first-order chi connectivity index (χ1) is 10.5. The predicted octanol–water partition coefficient (Wildman–Crippen LogP) is 2.94. The largest absolute Gasteiger partial charge is 0.518 e. The fourth-order valence-electron chi connectivity index (χ4n) is 2.29. The SMILES string of the molecule is CC1(C)OB(c2nccc(C(F)(F)F)c2OC2CC2)OC1(C)C. The number of nitrogens with zero attached hydrogens (tertiary/aromatic N) is 1. The minimum absolute atomic E-state index is 0.0466. The summed E-state index contributed by atoms with van der Waals surface area (Å²) in [5.74, 6) is -0.277. The molecule has 0 bridgehead atoms. The van der Waals surface area contributed by atoms with Gasteiger partial charge in [0.2, 0.25) is 0 Å². The summed E-state index contributed by atoms with van der Waals surface area (Å²) in [4.78, 5) is 4.07. The van der Waals surface area contributed by atoms with Crippen molar-refractivity contribution >= 4 is 12.7 Å². The average Bonchev–Trinajstić information content (AvgIpc) is 3.16. The Hall–Kier alpha value is -1.28. The molecular formula is C15H19BF3NO3. The number of aromatic nitrogens is 1. The van der Waals surface area contributed by atoms with E-state index in [1.165, 1.54) is 0 Å². The molecule has 0 aromatic carbocycles. The molecule has 8 heteroatoms. The molecule has 0 atom stereocenters. The first-order valence-electron chi connectivity index (χ1n) is 7.60. The van der Waals surface area contributed by atoms with Crippen LogP contribution < -0.4 is 10.3 Å². The number of alkyl halides is 3. The molecule has 2 fully saturated rings. The van der Waals surface area contributed by atoms with Gasteiger partial charge in [-0.25, -0.2) is 0 Å². The van der Waals surface area contributed by atoms with Crippen LogP contribution in [-0.4, -0.2) is 29.4 Å². The van der Waals surface area contributed by atoms with Crippen LogP contribution in [0.3, 0.4) is 0 Å². The van der Waals surface area contributed by atoms with Crippen LogP contribution in [0.15, 0.2) is 12.3 Å². The minimum Gasteiger partial charge on any atom is -0.489 e. The van der Waals surface area contributed by atoms with Crippen molar-refractivity contribution in [3.8, 4) is 5.75 Å². The number of rotatable bonds is 3. The molecule has 1 aromatic heterocycles. The van der Waals surface area contributed by atoms with Gasteiger partial charge in [-0.15, -0.1) is 0 Å². The summed E-state index contributed by atoms with van der Waals surface area (Å²) in [6.07, 6.45) is -2.11. The second-order valence-corrected chi connectivity index (χ2v) is 6.98. The summed E-state index contributed by atoms with van der Waals surface area (Å²) in [7, 11) is -0.990. The third-order valence-corrected chi connectivity index (χ3v) is 4.52. The molecule has 0 amide bonds. The molecule has 1 saturated heterocycles. The normalized spacial score (nSPS) is 23.2. The molecule has 1 saturated carbocycles. The van der Waals surface area contributed by atoms with Crippen LogP contribution in [0, 0.1) is 0 Å². The zero-order chi connectivity index (χ0) is 17.0. The third kappa shape index (κ3) is 3.06. The average molecular weight is 329 g/mol. The fraction of sp³-hybridized carbons (Fsp3) is 0.667. The number of pyridine rings is 1. The van der Waals surface area contributed by atoms with E-state index in [1.54, 1.807) is 0 Å². The molecule has 3 rings (SSSR count). The quantitative estimate of drug-likeness (QED) is 0.800. The van der Waals surface area contributed by atoms with Gasteiger partial charge in [-0.1, -0.05) is 0 Å². The van der Waals surface area contributed by atoms with E-state index in [1.807, 2.05) is 27.7 Å². The lowest BCUT2D eigenvalue weighted by molar-refractivity contribution is -0.139. The second-order valence-electron chi connectivity index (χ2n) is 6.98. The van der Waals surface area contributed by atoms with Gasteiger partial charge >= 0.3 is 13.3 Å². The van der Waals surface area contributed by atoms with Gasteiger partial charge in [-0.2, -0.15) is 13.2 Å². The van der Waals surface area contributed by atoms with Crippen molar-refractivity contribution in [2.24, 2.45) is 0 Å². The molecule has 1 aliphatic carbocycles. The first-order valence-corrected chi connectivity index (χ1v) is 7.60. The number of halogens is 3. The molecule has 126 valence electrons. The van der Waals surface area contributed by atoms with Crippen molar-refractivity contribution in [1.29, 1.82) is 0 Å². The van der Waals surface area contributed by atoms with Crippen molar-refractivity contribution in [2.75, 3.05) is 0 Å². The van der Waals surface area contributed by atoms with Gasteiger partial charge in [-0.05, 0) is 46.6 Å². The van der Waals surface area contributed by atoms with E-state index in [9.17, 15) is 13.2 Å². The lowest BCUT2D eigenvalue weighted by Crippen LogP contribution is -2.41. The first kappa shape index (κ1) is 16.6. The molecule has 2 heterocycles. The molecule has 0 radical (unpaired) electrons. The van der Waals surface area contributed by atoms with Crippen LogP contribution in [0.1, 0.15) is 46.1 Å². The maximum atomic E-state index is 13.3. The predicted molar refractivity (Wildman–Crippen MR) is 78.6 cm³/mol. The Morgan fingerprint density at radius 1 is 1.17 bits per heavy atom. The van der Waals surface area contributed by atoms with Crippen LogP contribution in [0.5, 0.6) is 5.75 Å². The highest BCUT2D eigenvalue weighted by Gasteiger charge is 2.54. The van der Waals surface area contributed by atoms with Gasteiger partial charge in [-0.3, -0.25) is 4.98 Å². The maximum absolute atomic E-state index is 13.3. The Morgan fingerprint density at radius 3 is 2.22 bits per heavy atom. The van der Waals surface area contributed by atoms with E-state index >= 15 is 0 Å². The molecule has 0 N–H and O–H groups in total. The number of hydrogen-bond acceptors (Lipinski definition) is 4. The van der Waals surface area contributed by atoms with Crippen LogP contribution in [-0.2, 0) is 15.5 Å².